The van der Waals surface area contributed by atoms with Crippen molar-refractivity contribution in [2.45, 2.75) is 31.5 Å². The van der Waals surface area contributed by atoms with E-state index in [1.54, 1.807) is 12.1 Å². The molecular formula is C21H24N2O3. The fourth-order valence-corrected chi connectivity index (χ4v) is 3.91. The van der Waals surface area contributed by atoms with Crippen molar-refractivity contribution < 1.29 is 14.6 Å². The highest BCUT2D eigenvalue weighted by atomic mass is 16.5. The molecule has 1 amide bonds. The molecular weight excluding hydrogens is 328 g/mol. The monoisotopic (exact) mass is 352 g/mol. The quantitative estimate of drug-likeness (QED) is 0.892. The van der Waals surface area contributed by atoms with Gasteiger partial charge in [-0.1, -0.05) is 24.3 Å². The van der Waals surface area contributed by atoms with Crippen molar-refractivity contribution in [2.75, 3.05) is 19.7 Å². The lowest BCUT2D eigenvalue weighted by atomic mass is 10.0. The minimum Gasteiger partial charge on any atom is -0.508 e. The van der Waals surface area contributed by atoms with Crippen molar-refractivity contribution in [3.63, 3.8) is 0 Å². The van der Waals surface area contributed by atoms with Crippen LogP contribution < -0.4 is 5.32 Å². The molecule has 2 N–H and O–H groups in total. The van der Waals surface area contributed by atoms with Crippen molar-refractivity contribution >= 4 is 5.91 Å². The fraction of sp³-hybridized carbons (Fsp3) is 0.381. The van der Waals surface area contributed by atoms with Gasteiger partial charge in [0.1, 0.15) is 5.75 Å². The number of ether oxygens (including phenoxy) is 1. The number of fused-ring (bicyclic) bond motifs is 1. The molecule has 2 aliphatic heterocycles. The first-order valence-electron chi connectivity index (χ1n) is 9.14. The molecule has 2 fully saturated rings. The van der Waals surface area contributed by atoms with E-state index in [1.165, 1.54) is 0 Å². The number of rotatable bonds is 3. The summed E-state index contributed by atoms with van der Waals surface area (Å²) >= 11 is 0. The van der Waals surface area contributed by atoms with Crippen LogP contribution in [0, 0.1) is 0 Å². The maximum Gasteiger partial charge on any atom is 0.251 e. The van der Waals surface area contributed by atoms with E-state index in [2.05, 4.69) is 17.1 Å². The van der Waals surface area contributed by atoms with Gasteiger partial charge in [-0.15, -0.1) is 0 Å². The van der Waals surface area contributed by atoms with E-state index in [1.807, 2.05) is 36.4 Å². The first-order chi connectivity index (χ1) is 12.6. The summed E-state index contributed by atoms with van der Waals surface area (Å²) in [6.45, 7) is 4.68. The van der Waals surface area contributed by atoms with Crippen molar-refractivity contribution in [3.8, 4) is 16.9 Å². The van der Waals surface area contributed by atoms with Gasteiger partial charge < -0.3 is 15.2 Å². The second kappa shape index (κ2) is 7.09. The number of nitrogens with one attached hydrogen (secondary N) is 1. The summed E-state index contributed by atoms with van der Waals surface area (Å²) in [5.74, 6) is 0.197. The zero-order chi connectivity index (χ0) is 18.1. The molecule has 2 aromatic carbocycles. The van der Waals surface area contributed by atoms with Crippen LogP contribution in [0.25, 0.3) is 11.1 Å². The molecule has 0 unspecified atom stereocenters. The molecule has 2 saturated heterocycles. The smallest absolute Gasteiger partial charge is 0.251 e. The number of nitrogens with zero attached hydrogens (tertiary/aromatic N) is 1. The lowest BCUT2D eigenvalue weighted by Crippen LogP contribution is -2.45. The van der Waals surface area contributed by atoms with Crippen LogP contribution in [-0.2, 0) is 4.74 Å². The van der Waals surface area contributed by atoms with E-state index in [0.29, 0.717) is 11.6 Å². The average Bonchev–Trinajstić information content (AvgIpc) is 3.03. The summed E-state index contributed by atoms with van der Waals surface area (Å²) in [7, 11) is 0. The summed E-state index contributed by atoms with van der Waals surface area (Å²) in [5.41, 5.74) is 2.59. The normalized spacial score (nSPS) is 25.7. The van der Waals surface area contributed by atoms with Gasteiger partial charge in [0.2, 0.25) is 0 Å². The van der Waals surface area contributed by atoms with E-state index in [4.69, 9.17) is 4.74 Å². The Labute approximate surface area is 153 Å². The Hall–Kier alpha value is -2.37. The molecule has 0 radical (unpaired) electrons. The Morgan fingerprint density at radius 1 is 1.15 bits per heavy atom. The number of aromatic hydroxyl groups is 1. The molecule has 0 spiro atoms. The molecule has 5 nitrogen and oxygen atoms in total. The van der Waals surface area contributed by atoms with E-state index in [0.717, 1.165) is 37.2 Å². The number of phenols is 1. The van der Waals surface area contributed by atoms with E-state index in [-0.39, 0.29) is 23.8 Å². The van der Waals surface area contributed by atoms with Crippen molar-refractivity contribution in [1.82, 2.24) is 10.2 Å². The minimum atomic E-state index is -0.0376. The number of hydrogen-bond acceptors (Lipinski definition) is 4. The number of benzene rings is 2. The summed E-state index contributed by atoms with van der Waals surface area (Å²) in [4.78, 5) is 15.1. The van der Waals surface area contributed by atoms with Gasteiger partial charge in [-0.25, -0.2) is 0 Å². The van der Waals surface area contributed by atoms with Crippen LogP contribution in [0.5, 0.6) is 5.75 Å². The lowest BCUT2D eigenvalue weighted by molar-refractivity contribution is -0.0390. The van der Waals surface area contributed by atoms with Crippen LogP contribution >= 0.6 is 0 Å². The average molecular weight is 352 g/mol. The highest BCUT2D eigenvalue weighted by Gasteiger charge is 2.36. The largest absolute Gasteiger partial charge is 0.508 e. The van der Waals surface area contributed by atoms with Gasteiger partial charge >= 0.3 is 0 Å². The zero-order valence-corrected chi connectivity index (χ0v) is 14.9. The molecule has 2 aromatic rings. The second-order valence-electron chi connectivity index (χ2n) is 7.29. The van der Waals surface area contributed by atoms with Gasteiger partial charge in [0, 0.05) is 30.7 Å². The maximum absolute atomic E-state index is 12.7. The Kier molecular flexibility index (Phi) is 4.66. The van der Waals surface area contributed by atoms with E-state index in [9.17, 15) is 9.90 Å². The fourth-order valence-electron chi connectivity index (χ4n) is 3.91. The molecule has 0 aromatic heterocycles. The van der Waals surface area contributed by atoms with Gasteiger partial charge in [-0.3, -0.25) is 9.69 Å². The van der Waals surface area contributed by atoms with Crippen molar-refractivity contribution in [2.24, 2.45) is 0 Å². The van der Waals surface area contributed by atoms with Gasteiger partial charge in [0.15, 0.2) is 0 Å². The molecule has 3 atom stereocenters. The number of carbonyl (C=O) groups is 1. The van der Waals surface area contributed by atoms with E-state index < -0.39 is 0 Å². The molecule has 0 bridgehead atoms. The standard InChI is InChI=1S/C21H24N2O3/c1-14-11-23-12-18(10-19(23)13-26-14)22-21(25)17-4-2-3-16(9-17)15-5-7-20(24)8-6-15/h2-9,14,18-19,24H,10-13H2,1H3,(H,22,25)/t14-,18-,19-/m0/s1. The molecule has 26 heavy (non-hydrogen) atoms. The van der Waals surface area contributed by atoms with Crippen LogP contribution in [-0.4, -0.2) is 53.8 Å². The van der Waals surface area contributed by atoms with Gasteiger partial charge in [-0.05, 0) is 48.7 Å². The van der Waals surface area contributed by atoms with Crippen LogP contribution in [0.4, 0.5) is 0 Å². The Bertz CT molecular complexity index is 790. The first kappa shape index (κ1) is 17.1. The molecule has 2 aliphatic rings. The highest BCUT2D eigenvalue weighted by molar-refractivity contribution is 5.95. The SMILES string of the molecule is C[C@H]1CN2C[C@@H](NC(=O)c3cccc(-c4ccc(O)cc4)c3)C[C@H]2CO1. The van der Waals surface area contributed by atoms with Crippen LogP contribution in [0.15, 0.2) is 48.5 Å². The molecule has 136 valence electrons. The number of carbonyl (C=O) groups excluding carboxylic acids is 1. The van der Waals surface area contributed by atoms with E-state index >= 15 is 0 Å². The number of morpholine rings is 1. The number of amides is 1. The zero-order valence-electron chi connectivity index (χ0n) is 14.9. The number of phenolic OH excluding ortho intramolecular Hbond substituents is 1. The van der Waals surface area contributed by atoms with Gasteiger partial charge in [0.05, 0.1) is 12.7 Å². The maximum atomic E-state index is 12.7. The lowest BCUT2D eigenvalue weighted by Gasteiger charge is -2.33. The highest BCUT2D eigenvalue weighted by Crippen LogP contribution is 2.25. The van der Waals surface area contributed by atoms with Crippen molar-refractivity contribution in [1.29, 1.82) is 0 Å². The molecule has 0 saturated carbocycles. The molecule has 4 rings (SSSR count). The molecule has 5 heteroatoms. The third kappa shape index (κ3) is 3.59. The second-order valence-corrected chi connectivity index (χ2v) is 7.29. The first-order valence-corrected chi connectivity index (χ1v) is 9.14. The minimum absolute atomic E-state index is 0.0376. The molecule has 0 aliphatic carbocycles. The predicted molar refractivity (Wildman–Crippen MR) is 100 cm³/mol. The summed E-state index contributed by atoms with van der Waals surface area (Å²) in [5, 5.41) is 12.6. The Balaban J connectivity index is 1.44. The van der Waals surface area contributed by atoms with Crippen molar-refractivity contribution in [3.05, 3.63) is 54.1 Å². The summed E-state index contributed by atoms with van der Waals surface area (Å²) in [6, 6.07) is 15.2. The topological polar surface area (TPSA) is 61.8 Å². The number of hydrogen-bond donors (Lipinski definition) is 2. The van der Waals surface area contributed by atoms with Crippen LogP contribution in [0.1, 0.15) is 23.7 Å². The van der Waals surface area contributed by atoms with Gasteiger partial charge in [-0.2, -0.15) is 0 Å². The summed E-state index contributed by atoms with van der Waals surface area (Å²) in [6.07, 6.45) is 1.21. The summed E-state index contributed by atoms with van der Waals surface area (Å²) < 4.78 is 5.73. The van der Waals surface area contributed by atoms with Crippen LogP contribution in [0.2, 0.25) is 0 Å². The Morgan fingerprint density at radius 3 is 2.77 bits per heavy atom. The third-order valence-corrected chi connectivity index (χ3v) is 5.25. The van der Waals surface area contributed by atoms with Gasteiger partial charge in [0.25, 0.3) is 5.91 Å². The van der Waals surface area contributed by atoms with Crippen LogP contribution in [0.3, 0.4) is 0 Å². The third-order valence-electron chi connectivity index (χ3n) is 5.25. The molecule has 2 heterocycles. The predicted octanol–water partition coefficient (Wildman–Crippen LogP) is 2.65. The Morgan fingerprint density at radius 2 is 1.96 bits per heavy atom.